The van der Waals surface area contributed by atoms with Crippen molar-refractivity contribution in [3.8, 4) is 0 Å². The van der Waals surface area contributed by atoms with E-state index >= 15 is 0 Å². The number of carboxylic acids is 1. The molecule has 0 aliphatic carbocycles. The van der Waals surface area contributed by atoms with Gasteiger partial charge in [0.2, 0.25) is 5.91 Å². The van der Waals surface area contributed by atoms with E-state index in [4.69, 9.17) is 5.11 Å². The maximum atomic E-state index is 11.9. The minimum Gasteiger partial charge on any atom is -0.480 e. The smallest absolute Gasteiger partial charge is 0.326 e. The zero-order valence-electron chi connectivity index (χ0n) is 11.7. The number of amides is 1. The van der Waals surface area contributed by atoms with Crippen LogP contribution in [0.4, 0.5) is 0 Å². The quantitative estimate of drug-likeness (QED) is 0.827. The summed E-state index contributed by atoms with van der Waals surface area (Å²) in [6.07, 6.45) is 1.40. The molecule has 0 saturated heterocycles. The summed E-state index contributed by atoms with van der Waals surface area (Å²) in [5, 5.41) is 11.6. The number of carbonyl (C=O) groups is 2. The Hall–Kier alpha value is -1.84. The number of rotatable bonds is 6. The highest BCUT2D eigenvalue weighted by Gasteiger charge is 2.19. The highest BCUT2D eigenvalue weighted by Crippen LogP contribution is 2.11. The predicted molar refractivity (Wildman–Crippen MR) is 74.1 cm³/mol. The van der Waals surface area contributed by atoms with Crippen molar-refractivity contribution in [3.05, 3.63) is 34.9 Å². The molecule has 1 amide bonds. The summed E-state index contributed by atoms with van der Waals surface area (Å²) in [6, 6.07) is 5.14. The Morgan fingerprint density at radius 3 is 2.58 bits per heavy atom. The van der Waals surface area contributed by atoms with Gasteiger partial charge in [-0.3, -0.25) is 4.79 Å². The Balaban J connectivity index is 2.68. The number of hydrogen-bond acceptors (Lipinski definition) is 2. The van der Waals surface area contributed by atoms with Crippen LogP contribution in [0.25, 0.3) is 0 Å². The molecule has 0 aromatic heterocycles. The highest BCUT2D eigenvalue weighted by molar-refractivity contribution is 5.85. The van der Waals surface area contributed by atoms with Crippen LogP contribution in [0.3, 0.4) is 0 Å². The molecule has 19 heavy (non-hydrogen) atoms. The van der Waals surface area contributed by atoms with Gasteiger partial charge in [-0.1, -0.05) is 37.1 Å². The average Bonchev–Trinajstić information content (AvgIpc) is 2.33. The molecule has 0 bridgehead atoms. The van der Waals surface area contributed by atoms with E-state index in [-0.39, 0.29) is 12.3 Å². The lowest BCUT2D eigenvalue weighted by Crippen LogP contribution is -2.41. The fourth-order valence-corrected chi connectivity index (χ4v) is 1.96. The van der Waals surface area contributed by atoms with E-state index in [0.717, 1.165) is 23.1 Å². The van der Waals surface area contributed by atoms with E-state index < -0.39 is 12.0 Å². The minimum atomic E-state index is -0.976. The summed E-state index contributed by atoms with van der Waals surface area (Å²) in [7, 11) is 0. The first-order valence-electron chi connectivity index (χ1n) is 6.52. The van der Waals surface area contributed by atoms with E-state index in [1.54, 1.807) is 0 Å². The van der Waals surface area contributed by atoms with Crippen LogP contribution in [-0.2, 0) is 16.0 Å². The second-order valence-corrected chi connectivity index (χ2v) is 4.85. The Bertz CT molecular complexity index is 468. The Labute approximate surface area is 113 Å². The summed E-state index contributed by atoms with van der Waals surface area (Å²) in [6.45, 7) is 5.81. The third-order valence-electron chi connectivity index (χ3n) is 3.07. The minimum absolute atomic E-state index is 0.223. The van der Waals surface area contributed by atoms with Crippen molar-refractivity contribution < 1.29 is 14.7 Å². The van der Waals surface area contributed by atoms with Crippen molar-refractivity contribution in [2.45, 2.75) is 46.1 Å². The van der Waals surface area contributed by atoms with Crippen molar-refractivity contribution in [2.75, 3.05) is 0 Å². The van der Waals surface area contributed by atoms with Gasteiger partial charge in [0.15, 0.2) is 0 Å². The molecule has 0 radical (unpaired) electrons. The molecule has 4 heteroatoms. The molecule has 104 valence electrons. The third kappa shape index (κ3) is 4.73. The van der Waals surface area contributed by atoms with Crippen LogP contribution in [0.15, 0.2) is 18.2 Å². The average molecular weight is 263 g/mol. The number of aryl methyl sites for hydroxylation is 2. The van der Waals surface area contributed by atoms with E-state index in [1.165, 1.54) is 0 Å². The molecule has 0 aliphatic heterocycles. The number of hydrogen-bond donors (Lipinski definition) is 2. The van der Waals surface area contributed by atoms with Gasteiger partial charge in [0.25, 0.3) is 0 Å². The molecule has 0 spiro atoms. The second kappa shape index (κ2) is 6.92. The molecule has 0 unspecified atom stereocenters. The molecule has 0 fully saturated rings. The number of carbonyl (C=O) groups excluding carboxylic acids is 1. The maximum absolute atomic E-state index is 11.9. The normalized spacial score (nSPS) is 11.9. The van der Waals surface area contributed by atoms with Crippen molar-refractivity contribution >= 4 is 11.9 Å². The van der Waals surface area contributed by atoms with Gasteiger partial charge in [-0.25, -0.2) is 4.79 Å². The second-order valence-electron chi connectivity index (χ2n) is 4.85. The number of aliphatic carboxylic acids is 1. The number of carboxylic acid groups (broad SMARTS) is 1. The summed E-state index contributed by atoms with van der Waals surface area (Å²) >= 11 is 0. The fourth-order valence-electron chi connectivity index (χ4n) is 1.96. The Morgan fingerprint density at radius 1 is 1.32 bits per heavy atom. The first kappa shape index (κ1) is 15.2. The third-order valence-corrected chi connectivity index (χ3v) is 3.07. The summed E-state index contributed by atoms with van der Waals surface area (Å²) in [4.78, 5) is 22.9. The number of nitrogens with one attached hydrogen (secondary N) is 1. The van der Waals surface area contributed by atoms with Crippen LogP contribution in [0.5, 0.6) is 0 Å². The molecule has 1 aromatic carbocycles. The van der Waals surface area contributed by atoms with Crippen molar-refractivity contribution in [1.29, 1.82) is 0 Å². The Kier molecular flexibility index (Phi) is 5.55. The van der Waals surface area contributed by atoms with Crippen LogP contribution >= 0.6 is 0 Å². The van der Waals surface area contributed by atoms with Crippen molar-refractivity contribution in [1.82, 2.24) is 5.32 Å². The standard InChI is InChI=1S/C15H21NO3/c1-4-5-13(15(18)19)16-14(17)9-12-8-10(2)6-7-11(12)3/h6-8,13H,4-5,9H2,1-3H3,(H,16,17)(H,18,19)/t13-/m0/s1. The van der Waals surface area contributed by atoms with E-state index in [0.29, 0.717) is 6.42 Å². The molecule has 0 aliphatic rings. The summed E-state index contributed by atoms with van der Waals surface area (Å²) in [5.74, 6) is -1.22. The molecular formula is C15H21NO3. The lowest BCUT2D eigenvalue weighted by atomic mass is 10.0. The summed E-state index contributed by atoms with van der Waals surface area (Å²) in [5.41, 5.74) is 3.08. The maximum Gasteiger partial charge on any atom is 0.326 e. The molecular weight excluding hydrogens is 242 g/mol. The van der Waals surface area contributed by atoms with Gasteiger partial charge in [0.05, 0.1) is 6.42 Å². The Morgan fingerprint density at radius 2 is 2.00 bits per heavy atom. The first-order chi connectivity index (χ1) is 8.93. The molecule has 1 aromatic rings. The number of benzene rings is 1. The highest BCUT2D eigenvalue weighted by atomic mass is 16.4. The van der Waals surface area contributed by atoms with Gasteiger partial charge >= 0.3 is 5.97 Å². The van der Waals surface area contributed by atoms with Crippen LogP contribution in [0.2, 0.25) is 0 Å². The molecule has 1 rings (SSSR count). The van der Waals surface area contributed by atoms with Crippen molar-refractivity contribution in [2.24, 2.45) is 0 Å². The van der Waals surface area contributed by atoms with Gasteiger partial charge in [0.1, 0.15) is 6.04 Å². The van der Waals surface area contributed by atoms with Crippen LogP contribution in [0, 0.1) is 13.8 Å². The van der Waals surface area contributed by atoms with E-state index in [1.807, 2.05) is 39.0 Å². The molecule has 0 saturated carbocycles. The lowest BCUT2D eigenvalue weighted by Gasteiger charge is -2.14. The zero-order valence-corrected chi connectivity index (χ0v) is 11.7. The summed E-state index contributed by atoms with van der Waals surface area (Å²) < 4.78 is 0. The first-order valence-corrected chi connectivity index (χ1v) is 6.52. The predicted octanol–water partition coefficient (Wildman–Crippen LogP) is 2.22. The van der Waals surface area contributed by atoms with E-state index in [2.05, 4.69) is 5.32 Å². The van der Waals surface area contributed by atoms with Crippen molar-refractivity contribution in [3.63, 3.8) is 0 Å². The monoisotopic (exact) mass is 263 g/mol. The molecule has 2 N–H and O–H groups in total. The van der Waals surface area contributed by atoms with Crippen LogP contribution in [-0.4, -0.2) is 23.0 Å². The van der Waals surface area contributed by atoms with Gasteiger partial charge < -0.3 is 10.4 Å². The van der Waals surface area contributed by atoms with E-state index in [9.17, 15) is 9.59 Å². The molecule has 1 atom stereocenters. The van der Waals surface area contributed by atoms with Gasteiger partial charge in [-0.2, -0.15) is 0 Å². The zero-order chi connectivity index (χ0) is 14.4. The molecule has 4 nitrogen and oxygen atoms in total. The van der Waals surface area contributed by atoms with Gasteiger partial charge in [-0.05, 0) is 31.4 Å². The van der Waals surface area contributed by atoms with Gasteiger partial charge in [0, 0.05) is 0 Å². The topological polar surface area (TPSA) is 66.4 Å². The van der Waals surface area contributed by atoms with Gasteiger partial charge in [-0.15, -0.1) is 0 Å². The molecule has 0 heterocycles. The largest absolute Gasteiger partial charge is 0.480 e. The SMILES string of the molecule is CCC[C@H](NC(=O)Cc1cc(C)ccc1C)C(=O)O. The fraction of sp³-hybridized carbons (Fsp3) is 0.467. The van der Waals surface area contributed by atoms with Crippen LogP contribution in [0.1, 0.15) is 36.5 Å². The van der Waals surface area contributed by atoms with Crippen LogP contribution < -0.4 is 5.32 Å². The lowest BCUT2D eigenvalue weighted by molar-refractivity contribution is -0.141.